The number of fused-ring (bicyclic) bond motifs is 1. The van der Waals surface area contributed by atoms with Gasteiger partial charge in [-0.15, -0.1) is 0 Å². The van der Waals surface area contributed by atoms with Gasteiger partial charge in [-0.3, -0.25) is 9.69 Å². The lowest BCUT2D eigenvalue weighted by molar-refractivity contribution is -0.121. The summed E-state index contributed by atoms with van der Waals surface area (Å²) in [6, 6.07) is 7.18. The van der Waals surface area contributed by atoms with Gasteiger partial charge in [0.2, 0.25) is 5.78 Å². The van der Waals surface area contributed by atoms with Gasteiger partial charge < -0.3 is 19.3 Å². The van der Waals surface area contributed by atoms with Crippen LogP contribution in [0.3, 0.4) is 0 Å². The van der Waals surface area contributed by atoms with E-state index in [-0.39, 0.29) is 37.2 Å². The Balaban J connectivity index is 1.43. The van der Waals surface area contributed by atoms with Crippen LogP contribution in [0.15, 0.2) is 28.7 Å². The molecule has 0 radical (unpaired) electrons. The number of carbonyl (C=O) groups is 3. The van der Waals surface area contributed by atoms with E-state index in [1.54, 1.807) is 12.1 Å². The van der Waals surface area contributed by atoms with Gasteiger partial charge in [0.05, 0.1) is 12.1 Å². The zero-order chi connectivity index (χ0) is 22.3. The van der Waals surface area contributed by atoms with E-state index in [0.29, 0.717) is 17.5 Å². The number of amides is 1. The molecule has 8 heteroatoms. The first-order valence-corrected chi connectivity index (χ1v) is 10.9. The molecule has 1 N–H and O–H groups in total. The minimum Gasteiger partial charge on any atom is -0.450 e. The SMILES string of the molecule is CN(C)[C@](C=O)(CNC(=O)OCCCC(=O)c1nc2ccccc2o1)C1CCCCC1. The zero-order valence-corrected chi connectivity index (χ0v) is 18.3. The average Bonchev–Trinajstić information content (AvgIpc) is 3.22. The van der Waals surface area contributed by atoms with E-state index in [1.807, 2.05) is 31.1 Å². The number of likely N-dealkylation sites (N-methyl/N-ethyl adjacent to an activating group) is 1. The molecule has 1 fully saturated rings. The lowest BCUT2D eigenvalue weighted by Crippen LogP contribution is -2.59. The summed E-state index contributed by atoms with van der Waals surface area (Å²) in [5.41, 5.74) is 0.473. The van der Waals surface area contributed by atoms with Gasteiger partial charge in [-0.05, 0) is 51.4 Å². The maximum absolute atomic E-state index is 12.2. The third-order valence-electron chi connectivity index (χ3n) is 6.18. The number of alkyl carbamates (subject to hydrolysis) is 1. The molecule has 1 aromatic heterocycles. The van der Waals surface area contributed by atoms with Crippen molar-refractivity contribution in [3.8, 4) is 0 Å². The van der Waals surface area contributed by atoms with Gasteiger partial charge in [-0.25, -0.2) is 9.78 Å². The fraction of sp³-hybridized carbons (Fsp3) is 0.565. The molecule has 8 nitrogen and oxygen atoms in total. The Morgan fingerprint density at radius 1 is 1.26 bits per heavy atom. The highest BCUT2D eigenvalue weighted by Gasteiger charge is 2.41. The van der Waals surface area contributed by atoms with Crippen molar-refractivity contribution in [1.29, 1.82) is 0 Å². The van der Waals surface area contributed by atoms with E-state index < -0.39 is 11.6 Å². The van der Waals surface area contributed by atoms with Crippen molar-refractivity contribution in [2.24, 2.45) is 5.92 Å². The number of hydrogen-bond acceptors (Lipinski definition) is 7. The molecular formula is C23H31N3O5. The number of Topliss-reactive ketones (excluding diaryl/α,β-unsaturated/α-hetero) is 1. The smallest absolute Gasteiger partial charge is 0.407 e. The van der Waals surface area contributed by atoms with Crippen molar-refractivity contribution in [1.82, 2.24) is 15.2 Å². The van der Waals surface area contributed by atoms with Crippen molar-refractivity contribution in [3.63, 3.8) is 0 Å². The van der Waals surface area contributed by atoms with E-state index in [0.717, 1.165) is 32.0 Å². The van der Waals surface area contributed by atoms with Gasteiger partial charge in [0, 0.05) is 13.0 Å². The summed E-state index contributed by atoms with van der Waals surface area (Å²) in [6.07, 6.45) is 6.26. The Hall–Kier alpha value is -2.74. The standard InChI is InChI=1S/C23H31N3O5/c1-26(2)23(16-27,17-9-4-3-5-10-17)15-24-22(29)30-14-8-12-19(28)21-25-18-11-6-7-13-20(18)31-21/h6-7,11,13,16-17H,3-5,8-10,12,14-15H2,1-2H3,(H,24,29)/t23-/m0/s1. The summed E-state index contributed by atoms with van der Waals surface area (Å²) in [5.74, 6) is 0.0490. The number of hydrogen-bond donors (Lipinski definition) is 1. The minimum absolute atomic E-state index is 0.0693. The number of nitrogens with one attached hydrogen (secondary N) is 1. The Kier molecular flexibility index (Phi) is 7.79. The van der Waals surface area contributed by atoms with Crippen LogP contribution in [0.25, 0.3) is 11.1 Å². The number of para-hydroxylation sites is 2. The van der Waals surface area contributed by atoms with E-state index in [9.17, 15) is 14.4 Å². The van der Waals surface area contributed by atoms with Gasteiger partial charge in [-0.1, -0.05) is 31.4 Å². The van der Waals surface area contributed by atoms with Gasteiger partial charge in [0.25, 0.3) is 5.89 Å². The third-order valence-corrected chi connectivity index (χ3v) is 6.18. The molecule has 1 saturated carbocycles. The summed E-state index contributed by atoms with van der Waals surface area (Å²) in [6.45, 7) is 0.298. The number of carbonyl (C=O) groups excluding carboxylic acids is 3. The van der Waals surface area contributed by atoms with Crippen LogP contribution in [0, 0.1) is 5.92 Å². The van der Waals surface area contributed by atoms with Crippen molar-refractivity contribution < 1.29 is 23.5 Å². The number of rotatable bonds is 10. The highest BCUT2D eigenvalue weighted by molar-refractivity contribution is 5.94. The highest BCUT2D eigenvalue weighted by atomic mass is 16.5. The van der Waals surface area contributed by atoms with Crippen molar-refractivity contribution in [2.75, 3.05) is 27.2 Å². The molecule has 168 valence electrons. The molecule has 1 aromatic carbocycles. The molecule has 0 bridgehead atoms. The summed E-state index contributed by atoms with van der Waals surface area (Å²) in [4.78, 5) is 42.5. The zero-order valence-electron chi connectivity index (χ0n) is 18.3. The Morgan fingerprint density at radius 3 is 2.68 bits per heavy atom. The maximum atomic E-state index is 12.2. The molecule has 1 aliphatic rings. The molecule has 1 aliphatic carbocycles. The molecule has 0 aliphatic heterocycles. The average molecular weight is 430 g/mol. The van der Waals surface area contributed by atoms with Crippen LogP contribution in [-0.4, -0.2) is 60.8 Å². The Bertz CT molecular complexity index is 871. The molecule has 0 unspecified atom stereocenters. The fourth-order valence-electron chi connectivity index (χ4n) is 4.27. The molecule has 1 heterocycles. The molecule has 31 heavy (non-hydrogen) atoms. The minimum atomic E-state index is -0.734. The first-order valence-electron chi connectivity index (χ1n) is 10.9. The normalized spacial score (nSPS) is 16.7. The van der Waals surface area contributed by atoms with E-state index in [1.165, 1.54) is 6.42 Å². The van der Waals surface area contributed by atoms with Crippen LogP contribution in [-0.2, 0) is 9.53 Å². The van der Waals surface area contributed by atoms with Gasteiger partial charge in [-0.2, -0.15) is 0 Å². The Morgan fingerprint density at radius 2 is 2.00 bits per heavy atom. The van der Waals surface area contributed by atoms with Gasteiger partial charge in [0.1, 0.15) is 11.8 Å². The molecule has 1 atom stereocenters. The molecule has 3 rings (SSSR count). The maximum Gasteiger partial charge on any atom is 0.407 e. The van der Waals surface area contributed by atoms with Gasteiger partial charge in [0.15, 0.2) is 5.58 Å². The number of oxazole rings is 1. The monoisotopic (exact) mass is 429 g/mol. The van der Waals surface area contributed by atoms with Crippen LogP contribution in [0.1, 0.15) is 55.6 Å². The summed E-state index contributed by atoms with van der Waals surface area (Å²) < 4.78 is 10.7. The number of aromatic nitrogens is 1. The predicted molar refractivity (Wildman–Crippen MR) is 116 cm³/mol. The first-order chi connectivity index (χ1) is 15.0. The van der Waals surface area contributed by atoms with Crippen LogP contribution >= 0.6 is 0 Å². The molecule has 0 spiro atoms. The van der Waals surface area contributed by atoms with E-state index >= 15 is 0 Å². The number of ether oxygens (including phenoxy) is 1. The summed E-state index contributed by atoms with van der Waals surface area (Å²) in [7, 11) is 3.74. The van der Waals surface area contributed by atoms with Crippen molar-refractivity contribution >= 4 is 29.3 Å². The van der Waals surface area contributed by atoms with Crippen LogP contribution < -0.4 is 5.32 Å². The van der Waals surface area contributed by atoms with Gasteiger partial charge >= 0.3 is 6.09 Å². The van der Waals surface area contributed by atoms with Crippen molar-refractivity contribution in [3.05, 3.63) is 30.2 Å². The topological polar surface area (TPSA) is 102 Å². The predicted octanol–water partition coefficient (Wildman–Crippen LogP) is 3.60. The lowest BCUT2D eigenvalue weighted by atomic mass is 9.74. The third kappa shape index (κ3) is 5.50. The summed E-state index contributed by atoms with van der Waals surface area (Å²) in [5, 5.41) is 2.74. The fourth-order valence-corrected chi connectivity index (χ4v) is 4.27. The second kappa shape index (κ2) is 10.5. The second-order valence-corrected chi connectivity index (χ2v) is 8.34. The second-order valence-electron chi connectivity index (χ2n) is 8.34. The first kappa shape index (κ1) is 22.9. The number of ketones is 1. The molecular weight excluding hydrogens is 398 g/mol. The van der Waals surface area contributed by atoms with E-state index in [4.69, 9.17) is 9.15 Å². The number of benzene rings is 1. The van der Waals surface area contributed by atoms with Crippen LogP contribution in [0.4, 0.5) is 4.79 Å². The van der Waals surface area contributed by atoms with Crippen molar-refractivity contribution in [2.45, 2.75) is 50.5 Å². The van der Waals surface area contributed by atoms with Crippen LogP contribution in [0.2, 0.25) is 0 Å². The quantitative estimate of drug-likeness (QED) is 0.350. The highest BCUT2D eigenvalue weighted by Crippen LogP contribution is 2.34. The number of nitrogens with zero attached hydrogens (tertiary/aromatic N) is 2. The Labute approximate surface area is 182 Å². The number of aldehydes is 1. The molecule has 1 amide bonds. The van der Waals surface area contributed by atoms with E-state index in [2.05, 4.69) is 10.3 Å². The summed E-state index contributed by atoms with van der Waals surface area (Å²) >= 11 is 0. The largest absolute Gasteiger partial charge is 0.450 e. The lowest BCUT2D eigenvalue weighted by Gasteiger charge is -2.43. The van der Waals surface area contributed by atoms with Crippen LogP contribution in [0.5, 0.6) is 0 Å². The molecule has 2 aromatic rings. The molecule has 0 saturated heterocycles.